The minimum atomic E-state index is -4.35. The number of hydrogen-bond acceptors (Lipinski definition) is 6. The number of rotatable bonds is 5. The van der Waals surface area contributed by atoms with Crippen molar-refractivity contribution < 1.29 is 13.2 Å². The van der Waals surface area contributed by atoms with E-state index < -0.39 is 11.7 Å². The van der Waals surface area contributed by atoms with Gasteiger partial charge in [0.1, 0.15) is 10.5 Å². The standard InChI is InChI=1S/C20H21F3N6S/c1-11(12-2-5-15(6-3-12)20(21,22)23)16(24)10-29-19(25)30-18(28-29)13-4-7-17-14(8-13)9-26-27-17/h2-9,11,16,19H,10,24-25H2,1H3,(H,26,27)/t11-,16-,19?/m0/s1. The molecule has 0 fully saturated rings. The fourth-order valence-electron chi connectivity index (χ4n) is 3.32. The Morgan fingerprint density at radius 3 is 2.63 bits per heavy atom. The summed E-state index contributed by atoms with van der Waals surface area (Å²) < 4.78 is 38.3. The maximum atomic E-state index is 12.8. The number of nitrogens with two attached hydrogens (primary N) is 2. The lowest BCUT2D eigenvalue weighted by Gasteiger charge is -2.27. The van der Waals surface area contributed by atoms with Gasteiger partial charge in [-0.1, -0.05) is 36.9 Å². The van der Waals surface area contributed by atoms with Crippen LogP contribution in [-0.2, 0) is 6.18 Å². The van der Waals surface area contributed by atoms with E-state index in [4.69, 9.17) is 11.5 Å². The Morgan fingerprint density at radius 2 is 1.93 bits per heavy atom. The summed E-state index contributed by atoms with van der Waals surface area (Å²) >= 11 is 1.43. The van der Waals surface area contributed by atoms with Gasteiger partial charge in [-0.25, -0.2) is 0 Å². The molecule has 3 atom stereocenters. The van der Waals surface area contributed by atoms with Crippen LogP contribution in [0, 0.1) is 0 Å². The van der Waals surface area contributed by atoms with Crippen molar-refractivity contribution in [3.8, 4) is 0 Å². The van der Waals surface area contributed by atoms with Crippen LogP contribution in [0.4, 0.5) is 13.2 Å². The lowest BCUT2D eigenvalue weighted by Crippen LogP contribution is -2.43. The molecule has 4 rings (SSSR count). The third-order valence-electron chi connectivity index (χ3n) is 5.24. The fraction of sp³-hybridized carbons (Fsp3) is 0.300. The van der Waals surface area contributed by atoms with E-state index in [-0.39, 0.29) is 17.5 Å². The van der Waals surface area contributed by atoms with Crippen LogP contribution in [0.5, 0.6) is 0 Å². The van der Waals surface area contributed by atoms with Gasteiger partial charge in [0.25, 0.3) is 0 Å². The Labute approximate surface area is 175 Å². The van der Waals surface area contributed by atoms with E-state index in [2.05, 4.69) is 15.3 Å². The van der Waals surface area contributed by atoms with Crippen molar-refractivity contribution in [1.29, 1.82) is 0 Å². The Hall–Kier alpha value is -2.56. The Bertz CT molecular complexity index is 1060. The third kappa shape index (κ3) is 4.16. The zero-order valence-corrected chi connectivity index (χ0v) is 16.9. The lowest BCUT2D eigenvalue weighted by atomic mass is 9.93. The number of nitrogens with one attached hydrogen (secondary N) is 1. The first-order valence-corrected chi connectivity index (χ1v) is 10.2. The third-order valence-corrected chi connectivity index (χ3v) is 6.26. The molecule has 30 heavy (non-hydrogen) atoms. The van der Waals surface area contributed by atoms with E-state index in [1.54, 1.807) is 11.2 Å². The fourth-order valence-corrected chi connectivity index (χ4v) is 4.21. The molecule has 1 unspecified atom stereocenters. The monoisotopic (exact) mass is 434 g/mol. The van der Waals surface area contributed by atoms with Crippen molar-refractivity contribution in [3.63, 3.8) is 0 Å². The van der Waals surface area contributed by atoms with Crippen LogP contribution in [0.1, 0.15) is 29.5 Å². The molecule has 1 aliphatic rings. The van der Waals surface area contributed by atoms with Crippen molar-refractivity contribution in [3.05, 3.63) is 65.4 Å². The van der Waals surface area contributed by atoms with Crippen molar-refractivity contribution in [1.82, 2.24) is 15.2 Å². The Balaban J connectivity index is 1.46. The number of aromatic amines is 1. The van der Waals surface area contributed by atoms with Crippen LogP contribution in [0.15, 0.2) is 53.8 Å². The highest BCUT2D eigenvalue weighted by Gasteiger charge is 2.31. The minimum Gasteiger partial charge on any atom is -0.326 e. The summed E-state index contributed by atoms with van der Waals surface area (Å²) in [4.78, 5) is 0. The first kappa shape index (κ1) is 20.7. The Kier molecular flexibility index (Phi) is 5.48. The molecule has 2 aromatic carbocycles. The molecule has 1 aliphatic heterocycles. The van der Waals surface area contributed by atoms with Crippen LogP contribution in [-0.4, -0.2) is 38.3 Å². The number of thioether (sulfide) groups is 1. The number of benzene rings is 2. The largest absolute Gasteiger partial charge is 0.416 e. The molecule has 0 radical (unpaired) electrons. The molecule has 0 bridgehead atoms. The topological polar surface area (TPSA) is 96.3 Å². The van der Waals surface area contributed by atoms with Gasteiger partial charge in [0, 0.05) is 17.0 Å². The molecule has 2 heterocycles. The van der Waals surface area contributed by atoms with E-state index in [0.29, 0.717) is 6.54 Å². The molecule has 0 saturated carbocycles. The summed E-state index contributed by atoms with van der Waals surface area (Å²) in [6, 6.07) is 10.6. The van der Waals surface area contributed by atoms with E-state index >= 15 is 0 Å². The number of hydrogen-bond donors (Lipinski definition) is 3. The van der Waals surface area contributed by atoms with E-state index in [0.717, 1.165) is 39.2 Å². The molecule has 0 aliphatic carbocycles. The van der Waals surface area contributed by atoms with Crippen LogP contribution >= 0.6 is 11.8 Å². The number of hydrazone groups is 1. The van der Waals surface area contributed by atoms with Gasteiger partial charge in [-0.05, 0) is 35.7 Å². The lowest BCUT2D eigenvalue weighted by molar-refractivity contribution is -0.137. The van der Waals surface area contributed by atoms with Crippen LogP contribution in [0.3, 0.4) is 0 Å². The number of halogens is 3. The molecule has 5 N–H and O–H groups in total. The smallest absolute Gasteiger partial charge is 0.326 e. The highest BCUT2D eigenvalue weighted by Crippen LogP contribution is 2.32. The van der Waals surface area contributed by atoms with Crippen molar-refractivity contribution in [2.75, 3.05) is 6.54 Å². The minimum absolute atomic E-state index is 0.161. The van der Waals surface area contributed by atoms with Gasteiger partial charge in [0.2, 0.25) is 0 Å². The summed E-state index contributed by atoms with van der Waals surface area (Å²) in [5.41, 5.74) is 14.1. The first-order chi connectivity index (χ1) is 14.2. The molecule has 3 aromatic rings. The second-order valence-electron chi connectivity index (χ2n) is 7.28. The molecule has 0 saturated heterocycles. The summed E-state index contributed by atoms with van der Waals surface area (Å²) in [6.07, 6.45) is -2.60. The summed E-state index contributed by atoms with van der Waals surface area (Å²) in [5, 5.41) is 15.1. The molecular formula is C20H21F3N6S. The van der Waals surface area contributed by atoms with Gasteiger partial charge < -0.3 is 11.5 Å². The van der Waals surface area contributed by atoms with Gasteiger partial charge in [-0.3, -0.25) is 10.1 Å². The number of alkyl halides is 3. The van der Waals surface area contributed by atoms with E-state index in [9.17, 15) is 13.2 Å². The molecule has 0 spiro atoms. The van der Waals surface area contributed by atoms with Gasteiger partial charge in [0.05, 0.1) is 23.8 Å². The number of fused-ring (bicyclic) bond motifs is 1. The SMILES string of the molecule is C[C@@H](c1ccc(C(F)(F)F)cc1)[C@@H](N)CN1N=C(c2ccc3[nH]ncc3c2)SC1N. The highest BCUT2D eigenvalue weighted by molar-refractivity contribution is 8.15. The maximum absolute atomic E-state index is 12.8. The van der Waals surface area contributed by atoms with Gasteiger partial charge in [-0.15, -0.1) is 0 Å². The predicted octanol–water partition coefficient (Wildman–Crippen LogP) is 3.67. The highest BCUT2D eigenvalue weighted by atomic mass is 32.2. The first-order valence-electron chi connectivity index (χ1n) is 9.36. The predicted molar refractivity (Wildman–Crippen MR) is 113 cm³/mol. The molecular weight excluding hydrogens is 413 g/mol. The van der Waals surface area contributed by atoms with E-state index in [1.165, 1.54) is 23.9 Å². The van der Waals surface area contributed by atoms with Crippen molar-refractivity contribution in [2.24, 2.45) is 16.6 Å². The van der Waals surface area contributed by atoms with Crippen molar-refractivity contribution >= 4 is 27.7 Å². The Morgan fingerprint density at radius 1 is 1.20 bits per heavy atom. The van der Waals surface area contributed by atoms with Gasteiger partial charge in [-0.2, -0.15) is 23.4 Å². The quantitative estimate of drug-likeness (QED) is 0.570. The molecule has 1 aromatic heterocycles. The molecule has 6 nitrogen and oxygen atoms in total. The van der Waals surface area contributed by atoms with Crippen LogP contribution in [0.2, 0.25) is 0 Å². The number of aromatic nitrogens is 2. The summed E-state index contributed by atoms with van der Waals surface area (Å²) in [7, 11) is 0. The molecule has 158 valence electrons. The second kappa shape index (κ2) is 7.93. The number of H-pyrrole nitrogens is 1. The summed E-state index contributed by atoms with van der Waals surface area (Å²) in [5.74, 6) is -0.161. The molecule has 10 heteroatoms. The average Bonchev–Trinajstić information content (AvgIpc) is 3.33. The average molecular weight is 434 g/mol. The van der Waals surface area contributed by atoms with E-state index in [1.807, 2.05) is 25.1 Å². The summed E-state index contributed by atoms with van der Waals surface area (Å²) in [6.45, 7) is 2.27. The van der Waals surface area contributed by atoms with Crippen molar-refractivity contribution in [2.45, 2.75) is 30.6 Å². The number of nitrogens with zero attached hydrogens (tertiary/aromatic N) is 3. The van der Waals surface area contributed by atoms with Gasteiger partial charge >= 0.3 is 6.18 Å². The second-order valence-corrected chi connectivity index (χ2v) is 8.39. The zero-order valence-electron chi connectivity index (χ0n) is 16.1. The van der Waals surface area contributed by atoms with Crippen LogP contribution in [0.25, 0.3) is 10.9 Å². The van der Waals surface area contributed by atoms with Crippen LogP contribution < -0.4 is 11.5 Å². The maximum Gasteiger partial charge on any atom is 0.416 e. The zero-order chi connectivity index (χ0) is 21.5. The normalized spacial score (nSPS) is 19.2. The molecule has 0 amide bonds. The van der Waals surface area contributed by atoms with Gasteiger partial charge in [0.15, 0.2) is 0 Å².